The lowest BCUT2D eigenvalue weighted by atomic mass is 10.1. The summed E-state index contributed by atoms with van der Waals surface area (Å²) in [7, 11) is 1.69. The summed E-state index contributed by atoms with van der Waals surface area (Å²) in [6.45, 7) is 4.70. The van der Waals surface area contributed by atoms with Gasteiger partial charge in [-0.25, -0.2) is 0 Å². The van der Waals surface area contributed by atoms with Gasteiger partial charge in [0.2, 0.25) is 0 Å². The number of halogens is 1. The van der Waals surface area contributed by atoms with Crippen LogP contribution in [0.2, 0.25) is 0 Å². The van der Waals surface area contributed by atoms with Gasteiger partial charge >= 0.3 is 0 Å². The largest absolute Gasteiger partial charge is 0.496 e. The minimum absolute atomic E-state index is 0.112. The molecule has 4 heteroatoms. The Balaban J connectivity index is 2.12. The van der Waals surface area contributed by atoms with Crippen LogP contribution in [0.15, 0.2) is 36.5 Å². The first-order valence-electron chi connectivity index (χ1n) is 7.00. The molecular weight excluding hydrogens is 284 g/mol. The molecule has 0 bridgehead atoms. The third-order valence-corrected chi connectivity index (χ3v) is 3.93. The summed E-state index contributed by atoms with van der Waals surface area (Å²) in [5.41, 5.74) is 4.30. The highest BCUT2D eigenvalue weighted by atomic mass is 35.5. The standard InChI is InChI=1S/C17H21ClN2O/c1-12-10-19-16(13(2)17(12)21-3)11-20-15(9-18)14-7-5-4-6-8-14/h4-8,10,15,20H,9,11H2,1-3H3. The number of rotatable bonds is 6. The summed E-state index contributed by atoms with van der Waals surface area (Å²) in [6.07, 6.45) is 1.85. The molecule has 1 aromatic carbocycles. The minimum atomic E-state index is 0.112. The second-order valence-electron chi connectivity index (χ2n) is 5.04. The van der Waals surface area contributed by atoms with Crippen LogP contribution >= 0.6 is 11.6 Å². The normalized spacial score (nSPS) is 12.2. The summed E-state index contributed by atoms with van der Waals surface area (Å²) in [4.78, 5) is 4.50. The number of aromatic nitrogens is 1. The van der Waals surface area contributed by atoms with E-state index in [4.69, 9.17) is 16.3 Å². The van der Waals surface area contributed by atoms with Crippen molar-refractivity contribution in [1.82, 2.24) is 10.3 Å². The number of aryl methyl sites for hydroxylation is 1. The Morgan fingerprint density at radius 3 is 2.57 bits per heavy atom. The van der Waals surface area contributed by atoms with Crippen molar-refractivity contribution in [2.45, 2.75) is 26.4 Å². The molecule has 2 rings (SSSR count). The molecule has 1 atom stereocenters. The third-order valence-electron chi connectivity index (χ3n) is 3.62. The Kier molecular flexibility index (Phi) is 5.59. The average Bonchev–Trinajstić information content (AvgIpc) is 2.51. The summed E-state index contributed by atoms with van der Waals surface area (Å²) < 4.78 is 5.44. The zero-order valence-electron chi connectivity index (χ0n) is 12.7. The van der Waals surface area contributed by atoms with Crippen molar-refractivity contribution in [1.29, 1.82) is 0 Å². The highest BCUT2D eigenvalue weighted by molar-refractivity contribution is 6.18. The van der Waals surface area contributed by atoms with Crippen LogP contribution in [0, 0.1) is 13.8 Å². The maximum atomic E-state index is 6.08. The summed E-state index contributed by atoms with van der Waals surface area (Å²) in [5.74, 6) is 1.43. The maximum absolute atomic E-state index is 6.08. The van der Waals surface area contributed by atoms with E-state index in [9.17, 15) is 0 Å². The average molecular weight is 305 g/mol. The van der Waals surface area contributed by atoms with Gasteiger partial charge in [0.05, 0.1) is 12.8 Å². The predicted molar refractivity (Wildman–Crippen MR) is 87.0 cm³/mol. The van der Waals surface area contributed by atoms with Gasteiger partial charge in [-0.15, -0.1) is 11.6 Å². The molecule has 0 saturated heterocycles. The Morgan fingerprint density at radius 2 is 1.95 bits per heavy atom. The van der Waals surface area contributed by atoms with E-state index < -0.39 is 0 Å². The molecule has 1 heterocycles. The number of ether oxygens (including phenoxy) is 1. The van der Waals surface area contributed by atoms with Gasteiger partial charge in [0.25, 0.3) is 0 Å². The van der Waals surface area contributed by atoms with E-state index in [0.29, 0.717) is 12.4 Å². The summed E-state index contributed by atoms with van der Waals surface area (Å²) in [6, 6.07) is 10.3. The Morgan fingerprint density at radius 1 is 1.24 bits per heavy atom. The van der Waals surface area contributed by atoms with Crippen molar-refractivity contribution in [3.8, 4) is 5.75 Å². The SMILES string of the molecule is COc1c(C)cnc(CNC(CCl)c2ccccc2)c1C. The Bertz CT molecular complexity index is 587. The number of nitrogens with zero attached hydrogens (tertiary/aromatic N) is 1. The van der Waals surface area contributed by atoms with E-state index in [1.54, 1.807) is 7.11 Å². The van der Waals surface area contributed by atoms with Gasteiger partial charge in [-0.3, -0.25) is 4.98 Å². The van der Waals surface area contributed by atoms with Crippen molar-refractivity contribution < 1.29 is 4.74 Å². The fraction of sp³-hybridized carbons (Fsp3) is 0.353. The van der Waals surface area contributed by atoms with Crippen molar-refractivity contribution in [2.24, 2.45) is 0 Å². The molecule has 3 nitrogen and oxygen atoms in total. The van der Waals surface area contributed by atoms with E-state index in [0.717, 1.165) is 22.6 Å². The Hall–Kier alpha value is -1.58. The number of methoxy groups -OCH3 is 1. The van der Waals surface area contributed by atoms with Gasteiger partial charge in [0.1, 0.15) is 5.75 Å². The first-order chi connectivity index (χ1) is 10.2. The van der Waals surface area contributed by atoms with Gasteiger partial charge in [-0.05, 0) is 19.4 Å². The molecule has 0 aliphatic heterocycles. The number of nitrogens with one attached hydrogen (secondary N) is 1. The molecule has 0 amide bonds. The highest BCUT2D eigenvalue weighted by Gasteiger charge is 2.13. The molecule has 0 saturated carbocycles. The van der Waals surface area contributed by atoms with Gasteiger partial charge < -0.3 is 10.1 Å². The van der Waals surface area contributed by atoms with Crippen LogP contribution < -0.4 is 10.1 Å². The fourth-order valence-electron chi connectivity index (χ4n) is 2.42. The van der Waals surface area contributed by atoms with Gasteiger partial charge in [0, 0.05) is 35.8 Å². The first-order valence-corrected chi connectivity index (χ1v) is 7.54. The van der Waals surface area contributed by atoms with Crippen LogP contribution in [0.5, 0.6) is 5.75 Å². The van der Waals surface area contributed by atoms with Crippen molar-refractivity contribution in [2.75, 3.05) is 13.0 Å². The number of pyridine rings is 1. The number of hydrogen-bond donors (Lipinski definition) is 1. The van der Waals surface area contributed by atoms with Gasteiger partial charge in [0.15, 0.2) is 0 Å². The van der Waals surface area contributed by atoms with Crippen LogP contribution in [0.3, 0.4) is 0 Å². The van der Waals surface area contributed by atoms with Crippen molar-refractivity contribution in [3.63, 3.8) is 0 Å². The highest BCUT2D eigenvalue weighted by Crippen LogP contribution is 2.24. The van der Waals surface area contributed by atoms with Crippen molar-refractivity contribution >= 4 is 11.6 Å². The zero-order valence-corrected chi connectivity index (χ0v) is 13.4. The van der Waals surface area contributed by atoms with Crippen LogP contribution in [-0.4, -0.2) is 18.0 Å². The molecule has 2 aromatic rings. The molecule has 0 spiro atoms. The molecule has 0 aliphatic carbocycles. The van der Waals surface area contributed by atoms with Crippen LogP contribution in [-0.2, 0) is 6.54 Å². The molecule has 1 N–H and O–H groups in total. The molecule has 0 fully saturated rings. The van der Waals surface area contributed by atoms with E-state index in [1.807, 2.05) is 38.2 Å². The maximum Gasteiger partial charge on any atom is 0.128 e. The monoisotopic (exact) mass is 304 g/mol. The minimum Gasteiger partial charge on any atom is -0.496 e. The van der Waals surface area contributed by atoms with Crippen LogP contribution in [0.25, 0.3) is 0 Å². The van der Waals surface area contributed by atoms with Crippen LogP contribution in [0.4, 0.5) is 0 Å². The molecular formula is C17H21ClN2O. The van der Waals surface area contributed by atoms with E-state index in [-0.39, 0.29) is 6.04 Å². The van der Waals surface area contributed by atoms with Gasteiger partial charge in [-0.1, -0.05) is 30.3 Å². The number of hydrogen-bond acceptors (Lipinski definition) is 3. The topological polar surface area (TPSA) is 34.1 Å². The molecule has 112 valence electrons. The lowest BCUT2D eigenvalue weighted by Crippen LogP contribution is -2.23. The molecule has 0 aliphatic rings. The quantitative estimate of drug-likeness (QED) is 0.825. The molecule has 1 unspecified atom stereocenters. The lowest BCUT2D eigenvalue weighted by Gasteiger charge is -2.18. The Labute approximate surface area is 131 Å². The number of alkyl halides is 1. The third kappa shape index (κ3) is 3.74. The van der Waals surface area contributed by atoms with E-state index in [1.165, 1.54) is 5.56 Å². The lowest BCUT2D eigenvalue weighted by molar-refractivity contribution is 0.406. The van der Waals surface area contributed by atoms with Gasteiger partial charge in [-0.2, -0.15) is 0 Å². The first kappa shape index (κ1) is 15.8. The smallest absolute Gasteiger partial charge is 0.128 e. The zero-order chi connectivity index (χ0) is 15.2. The molecule has 0 radical (unpaired) electrons. The molecule has 21 heavy (non-hydrogen) atoms. The summed E-state index contributed by atoms with van der Waals surface area (Å²) in [5, 5.41) is 3.46. The van der Waals surface area contributed by atoms with Crippen molar-refractivity contribution in [3.05, 3.63) is 58.9 Å². The summed E-state index contributed by atoms with van der Waals surface area (Å²) >= 11 is 6.08. The fourth-order valence-corrected chi connectivity index (χ4v) is 2.70. The van der Waals surface area contributed by atoms with E-state index >= 15 is 0 Å². The number of benzene rings is 1. The van der Waals surface area contributed by atoms with Crippen LogP contribution in [0.1, 0.15) is 28.4 Å². The predicted octanol–water partition coefficient (Wildman–Crippen LogP) is 3.78. The molecule has 1 aromatic heterocycles. The second-order valence-corrected chi connectivity index (χ2v) is 5.35. The second kappa shape index (κ2) is 7.43. The van der Waals surface area contributed by atoms with E-state index in [2.05, 4.69) is 22.4 Å².